The fourth-order valence-corrected chi connectivity index (χ4v) is 3.16. The zero-order valence-corrected chi connectivity index (χ0v) is 14.4. The first kappa shape index (κ1) is 16.4. The van der Waals surface area contributed by atoms with Crippen LogP contribution in [0.5, 0.6) is 11.5 Å². The molecule has 0 bridgehead atoms. The lowest BCUT2D eigenvalue weighted by Crippen LogP contribution is -2.33. The van der Waals surface area contributed by atoms with Gasteiger partial charge in [-0.3, -0.25) is 4.79 Å². The molecule has 3 aromatic rings. The van der Waals surface area contributed by atoms with Gasteiger partial charge in [0.05, 0.1) is 18.7 Å². The summed E-state index contributed by atoms with van der Waals surface area (Å²) in [5.41, 5.74) is 9.10. The molecule has 2 aromatic carbocycles. The van der Waals surface area contributed by atoms with E-state index in [2.05, 4.69) is 4.98 Å². The number of para-hydroxylation sites is 1. The zero-order valence-electron chi connectivity index (χ0n) is 14.4. The van der Waals surface area contributed by atoms with Gasteiger partial charge in [-0.2, -0.15) is 0 Å². The van der Waals surface area contributed by atoms with Crippen molar-refractivity contribution < 1.29 is 18.7 Å². The number of ketones is 1. The van der Waals surface area contributed by atoms with Gasteiger partial charge >= 0.3 is 0 Å². The van der Waals surface area contributed by atoms with Crippen LogP contribution in [0.4, 0.5) is 0 Å². The number of hydrogen-bond donors (Lipinski definition) is 1. The van der Waals surface area contributed by atoms with E-state index in [9.17, 15) is 4.79 Å². The topological polar surface area (TPSA) is 87.6 Å². The number of benzene rings is 2. The molecule has 1 aromatic heterocycles. The van der Waals surface area contributed by atoms with Crippen LogP contribution < -0.4 is 15.2 Å². The van der Waals surface area contributed by atoms with Gasteiger partial charge in [0, 0.05) is 18.1 Å². The second-order valence-corrected chi connectivity index (χ2v) is 6.13. The molecule has 6 heteroatoms. The molecule has 2 unspecified atom stereocenters. The monoisotopic (exact) mass is 350 g/mol. The summed E-state index contributed by atoms with van der Waals surface area (Å²) in [6.07, 6.45) is 0.791. The molecule has 132 valence electrons. The van der Waals surface area contributed by atoms with Gasteiger partial charge in [-0.25, -0.2) is 4.98 Å². The van der Waals surface area contributed by atoms with E-state index < -0.39 is 12.1 Å². The third-order valence-corrected chi connectivity index (χ3v) is 4.50. The van der Waals surface area contributed by atoms with Crippen LogP contribution in [0.15, 0.2) is 53.1 Å². The largest absolute Gasteiger partial charge is 0.496 e. The Morgan fingerprint density at radius 2 is 2.04 bits per heavy atom. The highest BCUT2D eigenvalue weighted by molar-refractivity contribution is 6.03. The molecule has 2 heterocycles. The summed E-state index contributed by atoms with van der Waals surface area (Å²) in [5.74, 6) is 1.47. The smallest absolute Gasteiger partial charge is 0.209 e. The van der Waals surface area contributed by atoms with E-state index in [4.69, 9.17) is 19.6 Å². The molecular formula is C20H18N2O4. The van der Waals surface area contributed by atoms with E-state index >= 15 is 0 Å². The van der Waals surface area contributed by atoms with Gasteiger partial charge in [-0.1, -0.05) is 24.3 Å². The summed E-state index contributed by atoms with van der Waals surface area (Å²) in [4.78, 5) is 17.3. The van der Waals surface area contributed by atoms with E-state index in [0.29, 0.717) is 28.6 Å². The van der Waals surface area contributed by atoms with Crippen molar-refractivity contribution in [3.05, 3.63) is 65.7 Å². The molecule has 0 saturated heterocycles. The molecule has 2 atom stereocenters. The maximum absolute atomic E-state index is 13.0. The van der Waals surface area contributed by atoms with Crippen molar-refractivity contribution in [1.29, 1.82) is 0 Å². The Kier molecular flexibility index (Phi) is 3.97. The molecule has 26 heavy (non-hydrogen) atoms. The molecule has 0 aliphatic carbocycles. The number of aryl methyl sites for hydroxylation is 1. The first-order valence-corrected chi connectivity index (χ1v) is 8.24. The number of Topliss-reactive ketones (excluding diaryl/α,β-unsaturated/α-hetero) is 1. The summed E-state index contributed by atoms with van der Waals surface area (Å²) in [6.45, 7) is 1.78. The number of hydrogen-bond acceptors (Lipinski definition) is 6. The zero-order chi connectivity index (χ0) is 18.3. The van der Waals surface area contributed by atoms with E-state index in [1.165, 1.54) is 7.11 Å². The summed E-state index contributed by atoms with van der Waals surface area (Å²) in [5, 5.41) is 0. The molecule has 0 radical (unpaired) electrons. The number of nitrogens with two attached hydrogens (primary N) is 1. The highest BCUT2D eigenvalue weighted by Gasteiger charge is 2.38. The normalized spacial score (nSPS) is 18.3. The maximum atomic E-state index is 13.0. The van der Waals surface area contributed by atoms with Gasteiger partial charge in [-0.05, 0) is 18.2 Å². The van der Waals surface area contributed by atoms with E-state index in [1.54, 1.807) is 31.4 Å². The fraction of sp³-hybridized carbons (Fsp3) is 0.200. The highest BCUT2D eigenvalue weighted by Crippen LogP contribution is 2.39. The number of aromatic nitrogens is 1. The van der Waals surface area contributed by atoms with Crippen molar-refractivity contribution in [3.8, 4) is 22.8 Å². The maximum Gasteiger partial charge on any atom is 0.209 e. The molecule has 0 saturated carbocycles. The van der Waals surface area contributed by atoms with Crippen molar-refractivity contribution in [2.75, 3.05) is 7.11 Å². The molecule has 0 spiro atoms. The van der Waals surface area contributed by atoms with Gasteiger partial charge in [0.2, 0.25) is 5.78 Å². The summed E-state index contributed by atoms with van der Waals surface area (Å²) in [7, 11) is 1.53. The van der Waals surface area contributed by atoms with Crippen LogP contribution in [0.1, 0.15) is 27.9 Å². The minimum Gasteiger partial charge on any atom is -0.496 e. The number of rotatable bonds is 4. The number of methoxy groups -OCH3 is 1. The average Bonchev–Trinajstić information content (AvgIpc) is 3.24. The van der Waals surface area contributed by atoms with E-state index in [0.717, 1.165) is 11.1 Å². The minimum absolute atomic E-state index is 0.204. The number of ether oxygens (including phenoxy) is 2. The molecule has 0 fully saturated rings. The quantitative estimate of drug-likeness (QED) is 0.727. The van der Waals surface area contributed by atoms with Crippen molar-refractivity contribution in [2.45, 2.75) is 19.1 Å². The lowest BCUT2D eigenvalue weighted by molar-refractivity contribution is 0.0791. The van der Waals surface area contributed by atoms with Gasteiger partial charge in [0.15, 0.2) is 12.0 Å². The first-order chi connectivity index (χ1) is 12.6. The Balaban J connectivity index is 1.65. The SMILES string of the molecule is COc1ccccc1C(=O)C1Oc2cc(-c3coc(C)n3)ccc2C1N. The highest BCUT2D eigenvalue weighted by atomic mass is 16.5. The number of carbonyl (C=O) groups excluding carboxylic acids is 1. The molecule has 4 rings (SSSR count). The number of nitrogens with zero attached hydrogens (tertiary/aromatic N) is 1. The summed E-state index contributed by atoms with van der Waals surface area (Å²) >= 11 is 0. The Labute approximate surface area is 150 Å². The van der Waals surface area contributed by atoms with Gasteiger partial charge in [0.1, 0.15) is 23.5 Å². The third-order valence-electron chi connectivity index (χ3n) is 4.50. The molecule has 6 nitrogen and oxygen atoms in total. The Hall–Kier alpha value is -3.12. The van der Waals surface area contributed by atoms with Crippen molar-refractivity contribution in [3.63, 3.8) is 0 Å². The molecule has 1 aliphatic rings. The molecule has 1 aliphatic heterocycles. The second kappa shape index (κ2) is 6.31. The number of oxazole rings is 1. The number of carbonyl (C=O) groups is 1. The molecule has 2 N–H and O–H groups in total. The molecule has 0 amide bonds. The van der Waals surface area contributed by atoms with Crippen LogP contribution in [0.3, 0.4) is 0 Å². The predicted molar refractivity (Wildman–Crippen MR) is 95.3 cm³/mol. The minimum atomic E-state index is -0.796. The lowest BCUT2D eigenvalue weighted by Gasteiger charge is -2.15. The summed E-state index contributed by atoms with van der Waals surface area (Å²) < 4.78 is 16.5. The Morgan fingerprint density at radius 3 is 2.77 bits per heavy atom. The van der Waals surface area contributed by atoms with Crippen LogP contribution in [-0.4, -0.2) is 24.0 Å². The number of fused-ring (bicyclic) bond motifs is 1. The van der Waals surface area contributed by atoms with Crippen molar-refractivity contribution >= 4 is 5.78 Å². The Morgan fingerprint density at radius 1 is 1.23 bits per heavy atom. The van der Waals surface area contributed by atoms with Crippen LogP contribution >= 0.6 is 0 Å². The average molecular weight is 350 g/mol. The van der Waals surface area contributed by atoms with Gasteiger partial charge in [0.25, 0.3) is 0 Å². The van der Waals surface area contributed by atoms with Crippen LogP contribution in [0.2, 0.25) is 0 Å². The van der Waals surface area contributed by atoms with Gasteiger partial charge < -0.3 is 19.6 Å². The lowest BCUT2D eigenvalue weighted by atomic mass is 9.96. The predicted octanol–water partition coefficient (Wildman–Crippen LogP) is 3.30. The van der Waals surface area contributed by atoms with E-state index in [-0.39, 0.29) is 5.78 Å². The van der Waals surface area contributed by atoms with Crippen molar-refractivity contribution in [1.82, 2.24) is 4.98 Å². The second-order valence-electron chi connectivity index (χ2n) is 6.13. The fourth-order valence-electron chi connectivity index (χ4n) is 3.16. The van der Waals surface area contributed by atoms with E-state index in [1.807, 2.05) is 24.3 Å². The molecular weight excluding hydrogens is 332 g/mol. The van der Waals surface area contributed by atoms with Crippen molar-refractivity contribution in [2.24, 2.45) is 5.73 Å². The summed E-state index contributed by atoms with van der Waals surface area (Å²) in [6, 6.07) is 12.1. The van der Waals surface area contributed by atoms with Crippen LogP contribution in [0, 0.1) is 6.92 Å². The van der Waals surface area contributed by atoms with Crippen LogP contribution in [0.25, 0.3) is 11.3 Å². The van der Waals surface area contributed by atoms with Gasteiger partial charge in [-0.15, -0.1) is 0 Å². The first-order valence-electron chi connectivity index (χ1n) is 8.24. The standard InChI is InChI=1S/C20H18N2O4/c1-11-22-15(10-25-11)12-7-8-13-17(9-12)26-20(18(13)21)19(23)14-5-3-4-6-16(14)24-2/h3-10,18,20H,21H2,1-2H3. The third kappa shape index (κ3) is 2.64. The Bertz CT molecular complexity index is 979. The van der Waals surface area contributed by atoms with Crippen LogP contribution in [-0.2, 0) is 0 Å².